The van der Waals surface area contributed by atoms with Crippen LogP contribution in [0.15, 0.2) is 30.3 Å². The molecule has 0 aliphatic carbocycles. The van der Waals surface area contributed by atoms with E-state index in [2.05, 4.69) is 0 Å². The van der Waals surface area contributed by atoms with E-state index >= 15 is 0 Å². The number of nitrogens with zero attached hydrogens (tertiary/aromatic N) is 1. The van der Waals surface area contributed by atoms with Crippen LogP contribution in [0.5, 0.6) is 0 Å². The predicted octanol–water partition coefficient (Wildman–Crippen LogP) is 4.57. The number of ether oxygens (including phenoxy) is 1. The average molecular weight is 411 g/mol. The quantitative estimate of drug-likeness (QED) is 0.611. The lowest BCUT2D eigenvalue weighted by molar-refractivity contribution is -0.117. The highest BCUT2D eigenvalue weighted by atomic mass is 31.2. The predicted molar refractivity (Wildman–Crippen MR) is 106 cm³/mol. The second kappa shape index (κ2) is 9.21. The molecule has 0 saturated carbocycles. The summed E-state index contributed by atoms with van der Waals surface area (Å²) in [6.45, 7) is 5.43. The van der Waals surface area contributed by atoms with Crippen molar-refractivity contribution >= 4 is 19.5 Å². The largest absolute Gasteiger partial charge is 0.444 e. The number of rotatable bonds is 7. The second-order valence-corrected chi connectivity index (χ2v) is 10.2. The summed E-state index contributed by atoms with van der Waals surface area (Å²) in [7, 11) is -0.918. The summed E-state index contributed by atoms with van der Waals surface area (Å²) in [6, 6.07) is 9.22. The van der Waals surface area contributed by atoms with E-state index in [1.807, 2.05) is 51.1 Å². The highest BCUT2D eigenvalue weighted by molar-refractivity contribution is 7.54. The van der Waals surface area contributed by atoms with Gasteiger partial charge in [0.1, 0.15) is 17.5 Å². The monoisotopic (exact) mass is 411 g/mol. The summed E-state index contributed by atoms with van der Waals surface area (Å²) < 4.78 is 27.6. The van der Waals surface area contributed by atoms with Crippen LogP contribution in [-0.4, -0.2) is 48.8 Å². The summed E-state index contributed by atoms with van der Waals surface area (Å²) in [5.74, 6) is -0.265. The van der Waals surface area contributed by atoms with Gasteiger partial charge in [-0.05, 0) is 39.2 Å². The van der Waals surface area contributed by atoms with Gasteiger partial charge in [-0.3, -0.25) is 14.3 Å². The summed E-state index contributed by atoms with van der Waals surface area (Å²) in [5.41, 5.74) is 0.361. The number of likely N-dealkylation sites (tertiary alicyclic amines) is 1. The van der Waals surface area contributed by atoms with Crippen molar-refractivity contribution < 1.29 is 27.9 Å². The van der Waals surface area contributed by atoms with Crippen LogP contribution in [-0.2, 0) is 23.1 Å². The Morgan fingerprint density at radius 1 is 1.11 bits per heavy atom. The van der Waals surface area contributed by atoms with Crippen LogP contribution in [0.25, 0.3) is 0 Å². The zero-order chi connectivity index (χ0) is 20.9. The van der Waals surface area contributed by atoms with Crippen molar-refractivity contribution in [1.29, 1.82) is 0 Å². The first kappa shape index (κ1) is 22.6. The van der Waals surface area contributed by atoms with Gasteiger partial charge in [-0.15, -0.1) is 0 Å². The van der Waals surface area contributed by atoms with Gasteiger partial charge in [-0.1, -0.05) is 30.3 Å². The Morgan fingerprint density at radius 3 is 2.25 bits per heavy atom. The van der Waals surface area contributed by atoms with Crippen LogP contribution in [0.1, 0.15) is 51.6 Å². The molecule has 1 aromatic carbocycles. The molecule has 8 heteroatoms. The van der Waals surface area contributed by atoms with E-state index in [9.17, 15) is 14.2 Å². The van der Waals surface area contributed by atoms with E-state index in [4.69, 9.17) is 13.8 Å². The topological polar surface area (TPSA) is 82.1 Å². The van der Waals surface area contributed by atoms with Crippen LogP contribution >= 0.6 is 7.60 Å². The molecule has 0 spiro atoms. The van der Waals surface area contributed by atoms with Crippen molar-refractivity contribution in [2.75, 3.05) is 20.4 Å². The third kappa shape index (κ3) is 5.90. The Labute approximate surface area is 166 Å². The molecule has 0 N–H and O–H groups in total. The molecule has 7 nitrogen and oxygen atoms in total. The summed E-state index contributed by atoms with van der Waals surface area (Å²) in [6.07, 6.45) is 0.717. The van der Waals surface area contributed by atoms with Crippen molar-refractivity contribution in [2.45, 2.75) is 57.7 Å². The zero-order valence-corrected chi connectivity index (χ0v) is 18.1. The normalized spacial score (nSPS) is 20.2. The summed E-state index contributed by atoms with van der Waals surface area (Å²) in [5, 5.41) is 0. The minimum Gasteiger partial charge on any atom is -0.444 e. The second-order valence-electron chi connectivity index (χ2n) is 7.92. The molecule has 0 bridgehead atoms. The fraction of sp³-hybridized carbons (Fsp3) is 0.600. The number of carbonyl (C=O) groups excluding carboxylic acids is 2. The number of carbonyl (C=O) groups is 2. The first-order chi connectivity index (χ1) is 13.1. The fourth-order valence-electron chi connectivity index (χ4n) is 3.42. The number of hydrogen-bond acceptors (Lipinski definition) is 6. The molecule has 1 saturated heterocycles. The molecule has 0 radical (unpaired) electrons. The fourth-order valence-corrected chi connectivity index (χ4v) is 4.39. The van der Waals surface area contributed by atoms with E-state index < -0.39 is 19.3 Å². The van der Waals surface area contributed by atoms with Crippen molar-refractivity contribution in [1.82, 2.24) is 4.90 Å². The number of ketones is 1. The third-order valence-electron chi connectivity index (χ3n) is 4.68. The standard InChI is InChI=1S/C20H30NO6P/c1-20(2,3)27-19(23)21-16(13-17(22)14-28(24,25-4)26-5)11-12-18(21)15-9-7-6-8-10-15/h6-10,16,18H,11-14H2,1-5H3. The minimum absolute atomic E-state index is 0.0826. The first-order valence-electron chi connectivity index (χ1n) is 9.37. The molecule has 1 amide bonds. The maximum Gasteiger partial charge on any atom is 0.411 e. The first-order valence-corrected chi connectivity index (χ1v) is 11.1. The molecule has 1 aromatic rings. The van der Waals surface area contributed by atoms with Crippen LogP contribution in [0.4, 0.5) is 4.79 Å². The zero-order valence-electron chi connectivity index (χ0n) is 17.2. The van der Waals surface area contributed by atoms with Gasteiger partial charge in [0.05, 0.1) is 6.04 Å². The average Bonchev–Trinajstić information content (AvgIpc) is 3.04. The highest BCUT2D eigenvalue weighted by Gasteiger charge is 2.41. The van der Waals surface area contributed by atoms with Gasteiger partial charge in [0, 0.05) is 26.7 Å². The molecular weight excluding hydrogens is 381 g/mol. The molecule has 156 valence electrons. The maximum atomic E-state index is 12.9. The van der Waals surface area contributed by atoms with Gasteiger partial charge >= 0.3 is 13.7 Å². The lowest BCUT2D eigenvalue weighted by Gasteiger charge is -2.32. The highest BCUT2D eigenvalue weighted by Crippen LogP contribution is 2.47. The van der Waals surface area contributed by atoms with Crippen molar-refractivity contribution in [3.8, 4) is 0 Å². The Balaban J connectivity index is 2.21. The van der Waals surface area contributed by atoms with Crippen LogP contribution in [0.3, 0.4) is 0 Å². The number of hydrogen-bond donors (Lipinski definition) is 0. The van der Waals surface area contributed by atoms with Gasteiger partial charge in [-0.25, -0.2) is 4.79 Å². The maximum absolute atomic E-state index is 12.9. The molecule has 1 aliphatic heterocycles. The molecule has 1 fully saturated rings. The van der Waals surface area contributed by atoms with E-state index in [0.29, 0.717) is 6.42 Å². The van der Waals surface area contributed by atoms with Crippen LogP contribution in [0.2, 0.25) is 0 Å². The molecule has 0 aromatic heterocycles. The number of benzene rings is 1. The van der Waals surface area contributed by atoms with Crippen molar-refractivity contribution in [3.63, 3.8) is 0 Å². The van der Waals surface area contributed by atoms with Crippen molar-refractivity contribution in [3.05, 3.63) is 35.9 Å². The molecular formula is C20H30NO6P. The smallest absolute Gasteiger partial charge is 0.411 e. The third-order valence-corrected chi connectivity index (χ3v) is 6.53. The van der Waals surface area contributed by atoms with Gasteiger partial charge in [0.15, 0.2) is 0 Å². The van der Waals surface area contributed by atoms with Gasteiger partial charge < -0.3 is 13.8 Å². The van der Waals surface area contributed by atoms with E-state index in [0.717, 1.165) is 12.0 Å². The van der Waals surface area contributed by atoms with Crippen LogP contribution in [0, 0.1) is 0 Å². The Kier molecular flexibility index (Phi) is 7.43. The number of Topliss-reactive ketones (excluding diaryl/α,β-unsaturated/α-hetero) is 1. The molecule has 2 atom stereocenters. The van der Waals surface area contributed by atoms with E-state index in [-0.39, 0.29) is 30.4 Å². The Morgan fingerprint density at radius 2 is 1.71 bits per heavy atom. The molecule has 1 heterocycles. The SMILES string of the molecule is COP(=O)(CC(=O)CC1CCC(c2ccccc2)N1C(=O)OC(C)(C)C)OC. The van der Waals surface area contributed by atoms with Gasteiger partial charge in [0.25, 0.3) is 0 Å². The number of amides is 1. The van der Waals surface area contributed by atoms with Crippen molar-refractivity contribution in [2.24, 2.45) is 0 Å². The lowest BCUT2D eigenvalue weighted by atomic mass is 10.0. The van der Waals surface area contributed by atoms with E-state index in [1.54, 1.807) is 4.90 Å². The van der Waals surface area contributed by atoms with Crippen LogP contribution < -0.4 is 0 Å². The van der Waals surface area contributed by atoms with Gasteiger partial charge in [-0.2, -0.15) is 0 Å². The Hall–Kier alpha value is -1.69. The Bertz CT molecular complexity index is 722. The molecule has 2 unspecified atom stereocenters. The van der Waals surface area contributed by atoms with Gasteiger partial charge in [0.2, 0.25) is 0 Å². The summed E-state index contributed by atoms with van der Waals surface area (Å²) >= 11 is 0. The minimum atomic E-state index is -3.43. The molecule has 28 heavy (non-hydrogen) atoms. The lowest BCUT2D eigenvalue weighted by Crippen LogP contribution is -2.42. The molecule has 1 aliphatic rings. The summed E-state index contributed by atoms with van der Waals surface area (Å²) in [4.78, 5) is 27.1. The molecule has 2 rings (SSSR count). The van der Waals surface area contributed by atoms with E-state index in [1.165, 1.54) is 14.2 Å².